The number of hydrogen-bond donors (Lipinski definition) is 2. The van der Waals surface area contributed by atoms with Crippen molar-refractivity contribution in [3.8, 4) is 0 Å². The SMILES string of the molecule is C=CCON=C(C(=O)O)c1csc(NC(=O)OC(C)(C)C)n1. The van der Waals surface area contributed by atoms with Crippen LogP contribution >= 0.6 is 11.3 Å². The Balaban J connectivity index is 2.80. The summed E-state index contributed by atoms with van der Waals surface area (Å²) in [6, 6.07) is 0. The molecule has 1 rings (SSSR count). The van der Waals surface area contributed by atoms with Crippen molar-refractivity contribution in [2.45, 2.75) is 26.4 Å². The van der Waals surface area contributed by atoms with Gasteiger partial charge in [-0.2, -0.15) is 0 Å². The summed E-state index contributed by atoms with van der Waals surface area (Å²) < 4.78 is 5.07. The van der Waals surface area contributed by atoms with Crippen LogP contribution in [0.5, 0.6) is 0 Å². The van der Waals surface area contributed by atoms with Crippen LogP contribution in [0.25, 0.3) is 0 Å². The monoisotopic (exact) mass is 327 g/mol. The van der Waals surface area contributed by atoms with Gasteiger partial charge in [0.1, 0.15) is 17.9 Å². The van der Waals surface area contributed by atoms with Crippen LogP contribution in [0.4, 0.5) is 9.93 Å². The highest BCUT2D eigenvalue weighted by atomic mass is 32.1. The van der Waals surface area contributed by atoms with E-state index in [1.54, 1.807) is 20.8 Å². The number of carbonyl (C=O) groups is 2. The standard InChI is InChI=1S/C13H17N3O5S/c1-5-6-20-16-9(10(17)18)8-7-22-11(14-8)15-12(19)21-13(2,3)4/h5,7H,1,6H2,2-4H3,(H,17,18)(H,14,15,19). The third-order valence-electron chi connectivity index (χ3n) is 1.91. The Morgan fingerprint density at radius 3 is 2.77 bits per heavy atom. The van der Waals surface area contributed by atoms with Gasteiger partial charge in [-0.3, -0.25) is 5.32 Å². The third-order valence-corrected chi connectivity index (χ3v) is 2.66. The second kappa shape index (κ2) is 7.55. The maximum Gasteiger partial charge on any atom is 0.413 e. The lowest BCUT2D eigenvalue weighted by Crippen LogP contribution is -2.27. The Kier molecular flexibility index (Phi) is 6.05. The molecule has 1 aromatic rings. The van der Waals surface area contributed by atoms with Crippen molar-refractivity contribution in [3.63, 3.8) is 0 Å². The molecular formula is C13H17N3O5S. The van der Waals surface area contributed by atoms with Crippen molar-refractivity contribution < 1.29 is 24.3 Å². The van der Waals surface area contributed by atoms with E-state index in [9.17, 15) is 9.59 Å². The molecule has 0 saturated carbocycles. The van der Waals surface area contributed by atoms with Crippen LogP contribution in [-0.4, -0.2) is 40.1 Å². The van der Waals surface area contributed by atoms with Gasteiger partial charge in [-0.25, -0.2) is 14.6 Å². The molecule has 0 fully saturated rings. The van der Waals surface area contributed by atoms with Gasteiger partial charge in [0.15, 0.2) is 5.13 Å². The minimum Gasteiger partial charge on any atom is -0.476 e. The second-order valence-corrected chi connectivity index (χ2v) is 5.85. The zero-order valence-electron chi connectivity index (χ0n) is 12.5. The average Bonchev–Trinajstić information content (AvgIpc) is 2.79. The fourth-order valence-corrected chi connectivity index (χ4v) is 1.86. The number of anilines is 1. The molecule has 0 radical (unpaired) electrons. The Morgan fingerprint density at radius 2 is 2.23 bits per heavy atom. The van der Waals surface area contributed by atoms with Crippen LogP contribution in [0.1, 0.15) is 26.5 Å². The Labute approximate surface area is 131 Å². The van der Waals surface area contributed by atoms with Crippen molar-refractivity contribution in [2.75, 3.05) is 11.9 Å². The summed E-state index contributed by atoms with van der Waals surface area (Å²) in [4.78, 5) is 31.5. The van der Waals surface area contributed by atoms with Crippen LogP contribution in [0.3, 0.4) is 0 Å². The van der Waals surface area contributed by atoms with Crippen molar-refractivity contribution in [1.82, 2.24) is 4.98 Å². The van der Waals surface area contributed by atoms with Crippen LogP contribution < -0.4 is 5.32 Å². The van der Waals surface area contributed by atoms with E-state index in [0.29, 0.717) is 0 Å². The fourth-order valence-electron chi connectivity index (χ4n) is 1.18. The lowest BCUT2D eigenvalue weighted by molar-refractivity contribution is -0.129. The smallest absolute Gasteiger partial charge is 0.413 e. The summed E-state index contributed by atoms with van der Waals surface area (Å²) in [7, 11) is 0. The first-order valence-electron chi connectivity index (χ1n) is 6.23. The molecule has 1 heterocycles. The minimum atomic E-state index is -1.29. The van der Waals surface area contributed by atoms with Gasteiger partial charge in [-0.1, -0.05) is 17.8 Å². The summed E-state index contributed by atoms with van der Waals surface area (Å²) in [5.74, 6) is -1.29. The molecule has 0 atom stereocenters. The summed E-state index contributed by atoms with van der Waals surface area (Å²) in [5.41, 5.74) is -0.931. The number of nitrogens with one attached hydrogen (secondary N) is 1. The third kappa shape index (κ3) is 5.92. The zero-order chi connectivity index (χ0) is 16.8. The van der Waals surface area contributed by atoms with E-state index >= 15 is 0 Å². The highest BCUT2D eigenvalue weighted by Gasteiger charge is 2.20. The first kappa shape index (κ1) is 17.6. The number of carbonyl (C=O) groups excluding carboxylic acids is 1. The Hall–Kier alpha value is -2.42. The van der Waals surface area contributed by atoms with E-state index in [1.165, 1.54) is 11.5 Å². The number of carboxylic acids is 1. The largest absolute Gasteiger partial charge is 0.476 e. The molecule has 1 amide bonds. The maximum absolute atomic E-state index is 11.6. The van der Waals surface area contributed by atoms with E-state index in [2.05, 4.69) is 22.0 Å². The number of amides is 1. The molecule has 0 aliphatic heterocycles. The number of hydrogen-bond acceptors (Lipinski definition) is 7. The average molecular weight is 327 g/mol. The van der Waals surface area contributed by atoms with E-state index < -0.39 is 17.7 Å². The topological polar surface area (TPSA) is 110 Å². The molecule has 1 aromatic heterocycles. The molecule has 0 aliphatic rings. The van der Waals surface area contributed by atoms with Crippen LogP contribution in [0, 0.1) is 0 Å². The molecule has 0 spiro atoms. The van der Waals surface area contributed by atoms with Gasteiger partial charge in [0, 0.05) is 5.38 Å². The van der Waals surface area contributed by atoms with Gasteiger partial charge in [0.25, 0.3) is 0 Å². The van der Waals surface area contributed by atoms with Crippen LogP contribution in [0.2, 0.25) is 0 Å². The summed E-state index contributed by atoms with van der Waals surface area (Å²) in [6.45, 7) is 8.68. The quantitative estimate of drug-likeness (QED) is 0.359. The van der Waals surface area contributed by atoms with E-state index in [1.807, 2.05) is 0 Å². The normalized spacial score (nSPS) is 11.7. The molecular weight excluding hydrogens is 310 g/mol. The second-order valence-electron chi connectivity index (χ2n) is 4.99. The zero-order valence-corrected chi connectivity index (χ0v) is 13.3. The molecule has 0 aromatic carbocycles. The van der Waals surface area contributed by atoms with E-state index in [4.69, 9.17) is 14.7 Å². The molecule has 0 unspecified atom stereocenters. The van der Waals surface area contributed by atoms with E-state index in [-0.39, 0.29) is 23.1 Å². The highest BCUT2D eigenvalue weighted by Crippen LogP contribution is 2.18. The van der Waals surface area contributed by atoms with Gasteiger partial charge < -0.3 is 14.7 Å². The maximum atomic E-state index is 11.6. The number of thiazole rings is 1. The number of nitrogens with zero attached hydrogens (tertiary/aromatic N) is 2. The lowest BCUT2D eigenvalue weighted by Gasteiger charge is -2.18. The molecule has 0 aliphatic carbocycles. The van der Waals surface area contributed by atoms with Crippen LogP contribution in [0.15, 0.2) is 23.2 Å². The Bertz CT molecular complexity index is 589. The number of ether oxygens (including phenoxy) is 1. The number of aromatic nitrogens is 1. The van der Waals surface area contributed by atoms with Gasteiger partial charge in [-0.15, -0.1) is 11.3 Å². The van der Waals surface area contributed by atoms with Crippen LogP contribution in [-0.2, 0) is 14.4 Å². The van der Waals surface area contributed by atoms with Crippen molar-refractivity contribution >= 4 is 34.2 Å². The summed E-state index contributed by atoms with van der Waals surface area (Å²) in [5, 5.41) is 16.6. The predicted molar refractivity (Wildman–Crippen MR) is 82.3 cm³/mol. The number of oxime groups is 1. The van der Waals surface area contributed by atoms with Crippen molar-refractivity contribution in [3.05, 3.63) is 23.7 Å². The predicted octanol–water partition coefficient (Wildman–Crippen LogP) is 2.48. The first-order valence-corrected chi connectivity index (χ1v) is 7.11. The molecule has 9 heteroatoms. The number of rotatable bonds is 6. The molecule has 0 saturated heterocycles. The summed E-state index contributed by atoms with van der Waals surface area (Å²) in [6.07, 6.45) is 0.754. The minimum absolute atomic E-state index is 0.0733. The van der Waals surface area contributed by atoms with Crippen molar-refractivity contribution in [1.29, 1.82) is 0 Å². The van der Waals surface area contributed by atoms with E-state index in [0.717, 1.165) is 11.3 Å². The van der Waals surface area contributed by atoms with Gasteiger partial charge in [0.2, 0.25) is 5.71 Å². The molecule has 120 valence electrons. The van der Waals surface area contributed by atoms with Gasteiger partial charge in [-0.05, 0) is 20.8 Å². The molecule has 2 N–H and O–H groups in total. The molecule has 22 heavy (non-hydrogen) atoms. The summed E-state index contributed by atoms with van der Waals surface area (Å²) >= 11 is 1.05. The van der Waals surface area contributed by atoms with Gasteiger partial charge >= 0.3 is 12.1 Å². The molecule has 0 bridgehead atoms. The first-order chi connectivity index (χ1) is 10.2. The Morgan fingerprint density at radius 1 is 1.55 bits per heavy atom. The number of carboxylic acid groups (broad SMARTS) is 1. The lowest BCUT2D eigenvalue weighted by atomic mass is 10.2. The number of aliphatic carboxylic acids is 1. The highest BCUT2D eigenvalue weighted by molar-refractivity contribution is 7.14. The van der Waals surface area contributed by atoms with Crippen molar-refractivity contribution in [2.24, 2.45) is 5.16 Å². The molecule has 8 nitrogen and oxygen atoms in total. The fraction of sp³-hybridized carbons (Fsp3) is 0.385. The van der Waals surface area contributed by atoms with Gasteiger partial charge in [0.05, 0.1) is 0 Å².